The molecule has 5 heteroatoms. The van der Waals surface area contributed by atoms with Crippen molar-refractivity contribution in [2.75, 3.05) is 11.9 Å². The molecule has 0 aromatic carbocycles. The van der Waals surface area contributed by atoms with E-state index in [1.807, 2.05) is 26.4 Å². The van der Waals surface area contributed by atoms with Gasteiger partial charge >= 0.3 is 0 Å². The molecule has 0 radical (unpaired) electrons. The number of hydrogen-bond acceptors (Lipinski definition) is 4. The molecule has 0 spiro atoms. The van der Waals surface area contributed by atoms with Crippen molar-refractivity contribution in [3.05, 3.63) is 28.5 Å². The molecule has 0 atom stereocenters. The fraction of sp³-hybridized carbons (Fsp3) is 0.400. The maximum Gasteiger partial charge on any atom is 0.0945 e. The highest BCUT2D eigenvalue weighted by Gasteiger charge is 1.99. The Morgan fingerprint density at radius 2 is 2.40 bits per heavy atom. The van der Waals surface area contributed by atoms with E-state index in [1.54, 1.807) is 16.0 Å². The molecular weight excluding hydrogens is 208 g/mol. The zero-order valence-electron chi connectivity index (χ0n) is 8.90. The van der Waals surface area contributed by atoms with E-state index in [1.165, 1.54) is 5.01 Å². The van der Waals surface area contributed by atoms with Crippen LogP contribution >= 0.6 is 11.3 Å². The van der Waals surface area contributed by atoms with Crippen LogP contribution in [0.1, 0.15) is 10.7 Å². The van der Waals surface area contributed by atoms with Gasteiger partial charge in [0.1, 0.15) is 0 Å². The molecule has 2 aromatic heterocycles. The molecule has 0 aliphatic carbocycles. The summed E-state index contributed by atoms with van der Waals surface area (Å²) in [6.07, 6.45) is 4.76. The summed E-state index contributed by atoms with van der Waals surface area (Å²) in [5.41, 5.74) is 2.17. The van der Waals surface area contributed by atoms with Crippen molar-refractivity contribution < 1.29 is 0 Å². The third-order valence-electron chi connectivity index (χ3n) is 2.04. The Bertz CT molecular complexity index is 392. The van der Waals surface area contributed by atoms with Gasteiger partial charge in [-0.3, -0.25) is 4.68 Å². The topological polar surface area (TPSA) is 42.7 Å². The van der Waals surface area contributed by atoms with Crippen LogP contribution in [-0.4, -0.2) is 21.3 Å². The third kappa shape index (κ3) is 2.79. The Kier molecular flexibility index (Phi) is 3.01. The fourth-order valence-electron chi connectivity index (χ4n) is 1.34. The zero-order valence-corrected chi connectivity index (χ0v) is 9.71. The minimum Gasteiger partial charge on any atom is -0.382 e. The lowest BCUT2D eigenvalue weighted by Gasteiger charge is -2.00. The molecule has 0 amide bonds. The van der Waals surface area contributed by atoms with E-state index < -0.39 is 0 Å². The van der Waals surface area contributed by atoms with Crippen LogP contribution in [0.2, 0.25) is 0 Å². The quantitative estimate of drug-likeness (QED) is 0.858. The third-order valence-corrected chi connectivity index (χ3v) is 3.07. The maximum absolute atomic E-state index is 4.40. The van der Waals surface area contributed by atoms with E-state index >= 15 is 0 Å². The van der Waals surface area contributed by atoms with Gasteiger partial charge in [0.25, 0.3) is 0 Å². The number of nitrogens with zero attached hydrogens (tertiary/aromatic N) is 3. The summed E-state index contributed by atoms with van der Waals surface area (Å²) in [5, 5.41) is 10.7. The van der Waals surface area contributed by atoms with E-state index in [0.717, 1.165) is 24.3 Å². The molecule has 80 valence electrons. The number of hydrogen-bond donors (Lipinski definition) is 1. The van der Waals surface area contributed by atoms with Crippen molar-refractivity contribution in [1.82, 2.24) is 14.8 Å². The average Bonchev–Trinajstić information content (AvgIpc) is 2.76. The Morgan fingerprint density at radius 1 is 1.53 bits per heavy atom. The van der Waals surface area contributed by atoms with E-state index in [9.17, 15) is 0 Å². The second-order valence-corrected chi connectivity index (χ2v) is 4.40. The number of aryl methyl sites for hydroxylation is 2. The molecule has 0 saturated carbocycles. The molecule has 2 aromatic rings. The summed E-state index contributed by atoms with van der Waals surface area (Å²) in [5.74, 6) is 0. The van der Waals surface area contributed by atoms with E-state index in [4.69, 9.17) is 0 Å². The maximum atomic E-state index is 4.40. The monoisotopic (exact) mass is 222 g/mol. The normalized spacial score (nSPS) is 10.5. The zero-order chi connectivity index (χ0) is 10.7. The van der Waals surface area contributed by atoms with Gasteiger partial charge in [-0.1, -0.05) is 0 Å². The summed E-state index contributed by atoms with van der Waals surface area (Å²) < 4.78 is 1.79. The summed E-state index contributed by atoms with van der Waals surface area (Å²) in [4.78, 5) is 4.40. The first-order valence-corrected chi connectivity index (χ1v) is 5.75. The molecule has 1 N–H and O–H groups in total. The van der Waals surface area contributed by atoms with Crippen molar-refractivity contribution in [2.24, 2.45) is 7.05 Å². The number of nitrogens with one attached hydrogen (secondary N) is 1. The van der Waals surface area contributed by atoms with E-state index in [2.05, 4.69) is 20.8 Å². The Morgan fingerprint density at radius 3 is 3.00 bits per heavy atom. The molecule has 0 saturated heterocycles. The van der Waals surface area contributed by atoms with Gasteiger partial charge in [0.2, 0.25) is 0 Å². The molecule has 2 heterocycles. The molecule has 0 unspecified atom stereocenters. The number of thiazole rings is 1. The molecule has 0 aliphatic rings. The van der Waals surface area contributed by atoms with E-state index in [-0.39, 0.29) is 0 Å². The van der Waals surface area contributed by atoms with Gasteiger partial charge in [0, 0.05) is 37.3 Å². The minimum absolute atomic E-state index is 0.901. The Hall–Kier alpha value is -1.36. The van der Waals surface area contributed by atoms with Crippen molar-refractivity contribution in [2.45, 2.75) is 13.3 Å². The summed E-state index contributed by atoms with van der Waals surface area (Å²) in [6.45, 7) is 2.92. The highest BCUT2D eigenvalue weighted by atomic mass is 32.1. The van der Waals surface area contributed by atoms with Crippen LogP contribution in [0.25, 0.3) is 0 Å². The van der Waals surface area contributed by atoms with Gasteiger partial charge in [-0.15, -0.1) is 11.3 Å². The first-order chi connectivity index (χ1) is 7.24. The van der Waals surface area contributed by atoms with Crippen molar-refractivity contribution in [3.63, 3.8) is 0 Å². The van der Waals surface area contributed by atoms with Crippen LogP contribution in [0.4, 0.5) is 5.69 Å². The second kappa shape index (κ2) is 4.44. The highest BCUT2D eigenvalue weighted by Crippen LogP contribution is 2.10. The summed E-state index contributed by atoms with van der Waals surface area (Å²) in [7, 11) is 1.91. The Labute approximate surface area is 93.0 Å². The predicted octanol–water partition coefficient (Wildman–Crippen LogP) is 1.84. The van der Waals surface area contributed by atoms with Gasteiger partial charge in [0.05, 0.1) is 16.9 Å². The first kappa shape index (κ1) is 10.2. The number of rotatable bonds is 4. The van der Waals surface area contributed by atoms with Crippen LogP contribution in [0.3, 0.4) is 0 Å². The van der Waals surface area contributed by atoms with Crippen LogP contribution in [-0.2, 0) is 13.5 Å². The minimum atomic E-state index is 0.901. The predicted molar refractivity (Wildman–Crippen MR) is 62.3 cm³/mol. The second-order valence-electron chi connectivity index (χ2n) is 3.46. The standard InChI is InChI=1S/C10H14N4S/c1-8-7-15-10(13-8)3-4-11-9-5-12-14(2)6-9/h5-7,11H,3-4H2,1-2H3. The molecule has 4 nitrogen and oxygen atoms in total. The molecule has 15 heavy (non-hydrogen) atoms. The largest absolute Gasteiger partial charge is 0.382 e. The summed E-state index contributed by atoms with van der Waals surface area (Å²) >= 11 is 1.72. The van der Waals surface area contributed by atoms with Crippen molar-refractivity contribution >= 4 is 17.0 Å². The van der Waals surface area contributed by atoms with Crippen LogP contribution in [0.5, 0.6) is 0 Å². The van der Waals surface area contributed by atoms with Crippen LogP contribution < -0.4 is 5.32 Å². The van der Waals surface area contributed by atoms with Gasteiger partial charge < -0.3 is 5.32 Å². The number of aromatic nitrogens is 3. The van der Waals surface area contributed by atoms with Gasteiger partial charge in [0.15, 0.2) is 0 Å². The SMILES string of the molecule is Cc1csc(CCNc2cnn(C)c2)n1. The van der Waals surface area contributed by atoms with Gasteiger partial charge in [-0.05, 0) is 6.92 Å². The Balaban J connectivity index is 1.80. The highest BCUT2D eigenvalue weighted by molar-refractivity contribution is 7.09. The molecule has 2 rings (SSSR count). The number of anilines is 1. The molecule has 0 aliphatic heterocycles. The molecule has 0 bridgehead atoms. The van der Waals surface area contributed by atoms with Crippen molar-refractivity contribution in [3.8, 4) is 0 Å². The lowest BCUT2D eigenvalue weighted by atomic mass is 10.4. The fourth-order valence-corrected chi connectivity index (χ4v) is 2.12. The van der Waals surface area contributed by atoms with Crippen molar-refractivity contribution in [1.29, 1.82) is 0 Å². The van der Waals surface area contributed by atoms with Gasteiger partial charge in [-0.25, -0.2) is 4.98 Å². The lowest BCUT2D eigenvalue weighted by Crippen LogP contribution is -2.03. The van der Waals surface area contributed by atoms with Crippen LogP contribution in [0, 0.1) is 6.92 Å². The van der Waals surface area contributed by atoms with E-state index in [0.29, 0.717) is 0 Å². The molecule has 0 fully saturated rings. The molecular formula is C10H14N4S. The summed E-state index contributed by atoms with van der Waals surface area (Å²) in [6, 6.07) is 0. The average molecular weight is 222 g/mol. The van der Waals surface area contributed by atoms with Gasteiger partial charge in [-0.2, -0.15) is 5.10 Å². The first-order valence-electron chi connectivity index (χ1n) is 4.87. The van der Waals surface area contributed by atoms with Crippen LogP contribution in [0.15, 0.2) is 17.8 Å². The smallest absolute Gasteiger partial charge is 0.0945 e. The lowest BCUT2D eigenvalue weighted by molar-refractivity contribution is 0.768.